The van der Waals surface area contributed by atoms with Crippen LogP contribution in [0.3, 0.4) is 0 Å². The predicted molar refractivity (Wildman–Crippen MR) is 56.9 cm³/mol. The van der Waals surface area contributed by atoms with Crippen LogP contribution < -0.4 is 0 Å². The first-order chi connectivity index (χ1) is 6.84. The van der Waals surface area contributed by atoms with Gasteiger partial charge in [-0.15, -0.1) is 0 Å². The highest BCUT2D eigenvalue weighted by Gasteiger charge is 2.19. The van der Waals surface area contributed by atoms with Crippen molar-refractivity contribution in [3.8, 4) is 0 Å². The van der Waals surface area contributed by atoms with E-state index >= 15 is 0 Å². The zero-order valence-electron chi connectivity index (χ0n) is 8.82. The maximum atomic E-state index is 4.34. The second kappa shape index (κ2) is 4.54. The molecule has 1 aliphatic rings. The Balaban J connectivity index is 1.91. The van der Waals surface area contributed by atoms with Crippen LogP contribution in [0.5, 0.6) is 0 Å². The van der Waals surface area contributed by atoms with Crippen molar-refractivity contribution in [2.45, 2.75) is 39.0 Å². The molecule has 76 valence electrons. The van der Waals surface area contributed by atoms with E-state index in [0.29, 0.717) is 0 Å². The van der Waals surface area contributed by atoms with E-state index in [1.165, 1.54) is 25.7 Å². The van der Waals surface area contributed by atoms with Gasteiger partial charge in [-0.3, -0.25) is 9.97 Å². The van der Waals surface area contributed by atoms with Crippen LogP contribution >= 0.6 is 0 Å². The molecule has 0 saturated heterocycles. The van der Waals surface area contributed by atoms with Gasteiger partial charge in [0.05, 0.1) is 5.69 Å². The zero-order valence-corrected chi connectivity index (χ0v) is 8.82. The van der Waals surface area contributed by atoms with Crippen molar-refractivity contribution in [1.82, 2.24) is 9.97 Å². The first-order valence-electron chi connectivity index (χ1n) is 5.59. The predicted octanol–water partition coefficient (Wildman–Crippen LogP) is 2.85. The molecule has 1 fully saturated rings. The number of aromatic nitrogens is 2. The van der Waals surface area contributed by atoms with Crippen LogP contribution in [-0.4, -0.2) is 9.97 Å². The van der Waals surface area contributed by atoms with Crippen LogP contribution in [0.4, 0.5) is 0 Å². The Morgan fingerprint density at radius 1 is 1.36 bits per heavy atom. The van der Waals surface area contributed by atoms with Crippen LogP contribution in [0, 0.1) is 11.8 Å². The molecule has 0 radical (unpaired) electrons. The molecule has 0 aromatic carbocycles. The minimum absolute atomic E-state index is 0.843. The summed E-state index contributed by atoms with van der Waals surface area (Å²) in [4.78, 5) is 8.44. The third-order valence-corrected chi connectivity index (χ3v) is 3.16. The lowest BCUT2D eigenvalue weighted by atomic mass is 9.80. The number of hydrogen-bond donors (Lipinski definition) is 0. The Hall–Kier alpha value is -0.920. The van der Waals surface area contributed by atoms with Gasteiger partial charge >= 0.3 is 0 Å². The lowest BCUT2D eigenvalue weighted by Gasteiger charge is -2.26. The molecule has 0 N–H and O–H groups in total. The first-order valence-corrected chi connectivity index (χ1v) is 5.59. The van der Waals surface area contributed by atoms with Gasteiger partial charge in [-0.25, -0.2) is 0 Å². The lowest BCUT2D eigenvalue weighted by molar-refractivity contribution is 0.280. The van der Waals surface area contributed by atoms with Crippen molar-refractivity contribution in [1.29, 1.82) is 0 Å². The molecule has 0 amide bonds. The van der Waals surface area contributed by atoms with Crippen molar-refractivity contribution in [2.75, 3.05) is 0 Å². The molecule has 1 aliphatic carbocycles. The molecule has 14 heavy (non-hydrogen) atoms. The van der Waals surface area contributed by atoms with Gasteiger partial charge < -0.3 is 0 Å². The third kappa shape index (κ3) is 2.53. The SMILES string of the molecule is CC1CCCC(Cc2cnccn2)C1. The van der Waals surface area contributed by atoms with Gasteiger partial charge in [-0.1, -0.05) is 26.2 Å². The molecule has 1 aromatic heterocycles. The van der Waals surface area contributed by atoms with Crippen LogP contribution in [0.1, 0.15) is 38.3 Å². The van der Waals surface area contributed by atoms with E-state index in [4.69, 9.17) is 0 Å². The Labute approximate surface area is 85.8 Å². The van der Waals surface area contributed by atoms with Gasteiger partial charge in [-0.2, -0.15) is 0 Å². The summed E-state index contributed by atoms with van der Waals surface area (Å²) < 4.78 is 0. The standard InChI is InChI=1S/C12H18N2/c1-10-3-2-4-11(7-10)8-12-9-13-5-6-14-12/h5-6,9-11H,2-4,7-8H2,1H3. The van der Waals surface area contributed by atoms with Crippen LogP contribution in [-0.2, 0) is 6.42 Å². The van der Waals surface area contributed by atoms with E-state index in [-0.39, 0.29) is 0 Å². The molecular formula is C12H18N2. The molecule has 0 spiro atoms. The Morgan fingerprint density at radius 3 is 3.00 bits per heavy atom. The molecule has 0 bridgehead atoms. The molecule has 2 heteroatoms. The van der Waals surface area contributed by atoms with E-state index in [1.807, 2.05) is 6.20 Å². The Morgan fingerprint density at radius 2 is 2.29 bits per heavy atom. The minimum Gasteiger partial charge on any atom is -0.261 e. The van der Waals surface area contributed by atoms with Crippen molar-refractivity contribution in [3.05, 3.63) is 24.3 Å². The second-order valence-electron chi connectivity index (χ2n) is 4.54. The van der Waals surface area contributed by atoms with Gasteiger partial charge in [0.15, 0.2) is 0 Å². The number of nitrogens with zero attached hydrogens (tertiary/aromatic N) is 2. The highest BCUT2D eigenvalue weighted by atomic mass is 14.8. The van der Waals surface area contributed by atoms with Crippen molar-refractivity contribution in [3.63, 3.8) is 0 Å². The Bertz CT molecular complexity index is 271. The van der Waals surface area contributed by atoms with Crippen molar-refractivity contribution >= 4 is 0 Å². The molecule has 2 atom stereocenters. The normalized spacial score (nSPS) is 27.5. The molecule has 2 rings (SSSR count). The van der Waals surface area contributed by atoms with Crippen molar-refractivity contribution < 1.29 is 0 Å². The average Bonchev–Trinajstić information content (AvgIpc) is 2.19. The number of hydrogen-bond acceptors (Lipinski definition) is 2. The Kier molecular flexibility index (Phi) is 3.12. The summed E-state index contributed by atoms with van der Waals surface area (Å²) in [5.74, 6) is 1.75. The van der Waals surface area contributed by atoms with E-state index in [2.05, 4.69) is 16.9 Å². The summed E-state index contributed by atoms with van der Waals surface area (Å²) in [7, 11) is 0. The second-order valence-corrected chi connectivity index (χ2v) is 4.54. The molecule has 1 heterocycles. The topological polar surface area (TPSA) is 25.8 Å². The zero-order chi connectivity index (χ0) is 9.80. The molecule has 2 nitrogen and oxygen atoms in total. The third-order valence-electron chi connectivity index (χ3n) is 3.16. The van der Waals surface area contributed by atoms with Crippen molar-refractivity contribution in [2.24, 2.45) is 11.8 Å². The van der Waals surface area contributed by atoms with E-state index < -0.39 is 0 Å². The van der Waals surface area contributed by atoms with Gasteiger partial charge in [-0.05, 0) is 24.7 Å². The van der Waals surface area contributed by atoms with E-state index in [1.54, 1.807) is 12.4 Å². The smallest absolute Gasteiger partial charge is 0.0589 e. The van der Waals surface area contributed by atoms with E-state index in [9.17, 15) is 0 Å². The summed E-state index contributed by atoms with van der Waals surface area (Å²) >= 11 is 0. The summed E-state index contributed by atoms with van der Waals surface area (Å²) in [5.41, 5.74) is 1.16. The van der Waals surface area contributed by atoms with Gasteiger partial charge in [0.1, 0.15) is 0 Å². The largest absolute Gasteiger partial charge is 0.261 e. The van der Waals surface area contributed by atoms with Crippen LogP contribution in [0.25, 0.3) is 0 Å². The van der Waals surface area contributed by atoms with Gasteiger partial charge in [0.2, 0.25) is 0 Å². The highest BCUT2D eigenvalue weighted by molar-refractivity contribution is 4.96. The first kappa shape index (κ1) is 9.63. The minimum atomic E-state index is 0.843. The maximum absolute atomic E-state index is 4.34. The average molecular weight is 190 g/mol. The fourth-order valence-corrected chi connectivity index (χ4v) is 2.48. The molecular weight excluding hydrogens is 172 g/mol. The van der Waals surface area contributed by atoms with Gasteiger partial charge in [0, 0.05) is 18.6 Å². The number of rotatable bonds is 2. The quantitative estimate of drug-likeness (QED) is 0.716. The highest BCUT2D eigenvalue weighted by Crippen LogP contribution is 2.30. The van der Waals surface area contributed by atoms with Crippen LogP contribution in [0.15, 0.2) is 18.6 Å². The summed E-state index contributed by atoms with van der Waals surface area (Å²) in [6, 6.07) is 0. The fraction of sp³-hybridized carbons (Fsp3) is 0.667. The van der Waals surface area contributed by atoms with Crippen LogP contribution in [0.2, 0.25) is 0 Å². The lowest BCUT2D eigenvalue weighted by Crippen LogP contribution is -2.15. The molecule has 0 aliphatic heterocycles. The summed E-state index contributed by atoms with van der Waals surface area (Å²) in [6.07, 6.45) is 12.1. The van der Waals surface area contributed by atoms with Gasteiger partial charge in [0.25, 0.3) is 0 Å². The monoisotopic (exact) mass is 190 g/mol. The molecule has 1 aromatic rings. The molecule has 1 saturated carbocycles. The summed E-state index contributed by atoms with van der Waals surface area (Å²) in [6.45, 7) is 2.36. The fourth-order valence-electron chi connectivity index (χ4n) is 2.48. The maximum Gasteiger partial charge on any atom is 0.0589 e. The summed E-state index contributed by atoms with van der Waals surface area (Å²) in [5, 5.41) is 0. The molecule has 2 unspecified atom stereocenters. The van der Waals surface area contributed by atoms with E-state index in [0.717, 1.165) is 24.0 Å².